The van der Waals surface area contributed by atoms with Crippen LogP contribution in [-0.4, -0.2) is 11.1 Å². The Morgan fingerprint density at radius 2 is 2.00 bits per heavy atom. The summed E-state index contributed by atoms with van der Waals surface area (Å²) < 4.78 is 0. The first-order valence-corrected chi connectivity index (χ1v) is 4.10. The fourth-order valence-corrected chi connectivity index (χ4v) is 1.44. The minimum atomic E-state index is -0.884. The van der Waals surface area contributed by atoms with E-state index in [1.807, 2.05) is 6.07 Å². The van der Waals surface area contributed by atoms with E-state index in [-0.39, 0.29) is 12.4 Å². The second-order valence-corrected chi connectivity index (χ2v) is 3.05. The van der Waals surface area contributed by atoms with Crippen molar-refractivity contribution in [1.82, 2.24) is 0 Å². The Hall–Kier alpha value is -1.06. The van der Waals surface area contributed by atoms with Crippen LogP contribution < -0.4 is 5.73 Å². The highest BCUT2D eigenvalue weighted by Gasteiger charge is 2.12. The molecule has 0 fully saturated rings. The quantitative estimate of drug-likeness (QED) is 0.792. The van der Waals surface area contributed by atoms with Gasteiger partial charge in [-0.1, -0.05) is 12.1 Å². The zero-order valence-corrected chi connectivity index (χ0v) is 9.02. The number of hydrogen-bond donors (Lipinski definition) is 2. The van der Waals surface area contributed by atoms with Crippen LogP contribution in [0.2, 0.25) is 0 Å². The number of carbonyl (C=O) groups is 1. The van der Waals surface area contributed by atoms with Crippen molar-refractivity contribution in [2.45, 2.75) is 20.4 Å². The Balaban J connectivity index is 0.00000169. The van der Waals surface area contributed by atoms with Gasteiger partial charge in [-0.05, 0) is 30.5 Å². The van der Waals surface area contributed by atoms with Gasteiger partial charge in [0.25, 0.3) is 0 Å². The summed E-state index contributed by atoms with van der Waals surface area (Å²) in [6, 6.07) is 3.66. The average molecular weight is 216 g/mol. The Labute approximate surface area is 89.3 Å². The Morgan fingerprint density at radius 3 is 2.43 bits per heavy atom. The maximum absolute atomic E-state index is 10.9. The molecule has 0 aliphatic rings. The molecule has 0 heterocycles. The van der Waals surface area contributed by atoms with Gasteiger partial charge in [0.05, 0.1) is 5.56 Å². The zero-order chi connectivity index (χ0) is 10.0. The van der Waals surface area contributed by atoms with E-state index in [4.69, 9.17) is 10.8 Å². The maximum Gasteiger partial charge on any atom is 0.336 e. The van der Waals surface area contributed by atoms with E-state index in [1.165, 1.54) is 0 Å². The molecule has 78 valence electrons. The molecule has 0 aliphatic carbocycles. The van der Waals surface area contributed by atoms with Crippen molar-refractivity contribution in [1.29, 1.82) is 0 Å². The molecule has 1 aromatic rings. The Morgan fingerprint density at radius 1 is 1.43 bits per heavy atom. The molecule has 0 amide bonds. The Bertz CT molecular complexity index is 350. The van der Waals surface area contributed by atoms with Crippen molar-refractivity contribution >= 4 is 18.4 Å². The first-order valence-electron chi connectivity index (χ1n) is 4.10. The van der Waals surface area contributed by atoms with Crippen LogP contribution in [0.4, 0.5) is 0 Å². The molecule has 0 radical (unpaired) electrons. The van der Waals surface area contributed by atoms with Gasteiger partial charge < -0.3 is 10.8 Å². The van der Waals surface area contributed by atoms with Gasteiger partial charge in [-0.15, -0.1) is 12.4 Å². The number of aromatic carboxylic acids is 1. The molecule has 1 aromatic carbocycles. The predicted molar refractivity (Wildman–Crippen MR) is 58.0 cm³/mol. The summed E-state index contributed by atoms with van der Waals surface area (Å²) in [5.41, 5.74) is 8.30. The molecule has 0 aliphatic heterocycles. The van der Waals surface area contributed by atoms with Crippen LogP contribution >= 0.6 is 12.4 Å². The minimum Gasteiger partial charge on any atom is -0.478 e. The summed E-state index contributed by atoms with van der Waals surface area (Å²) in [7, 11) is 0. The van der Waals surface area contributed by atoms with Crippen molar-refractivity contribution < 1.29 is 9.90 Å². The fourth-order valence-electron chi connectivity index (χ4n) is 1.44. The van der Waals surface area contributed by atoms with E-state index in [9.17, 15) is 4.79 Å². The smallest absolute Gasteiger partial charge is 0.336 e. The molecule has 1 rings (SSSR count). The normalized spacial score (nSPS) is 9.36. The van der Waals surface area contributed by atoms with E-state index in [0.29, 0.717) is 12.1 Å². The first kappa shape index (κ1) is 12.9. The summed E-state index contributed by atoms with van der Waals surface area (Å²) in [6.07, 6.45) is 0. The van der Waals surface area contributed by atoms with Gasteiger partial charge in [-0.3, -0.25) is 0 Å². The molecule has 0 unspecified atom stereocenters. The van der Waals surface area contributed by atoms with E-state index in [2.05, 4.69) is 0 Å². The molecule has 0 atom stereocenters. The van der Waals surface area contributed by atoms with Crippen LogP contribution in [0.25, 0.3) is 0 Å². The van der Waals surface area contributed by atoms with Gasteiger partial charge in [-0.25, -0.2) is 4.79 Å². The average Bonchev–Trinajstić information content (AvgIpc) is 2.04. The lowest BCUT2D eigenvalue weighted by Gasteiger charge is -2.09. The molecule has 0 aromatic heterocycles. The number of nitrogens with two attached hydrogens (primary N) is 1. The maximum atomic E-state index is 10.9. The number of aryl methyl sites for hydroxylation is 1. The number of carboxylic acid groups (broad SMARTS) is 1. The third kappa shape index (κ3) is 2.25. The number of hydrogen-bond acceptors (Lipinski definition) is 2. The van der Waals surface area contributed by atoms with Crippen LogP contribution in [0, 0.1) is 13.8 Å². The SMILES string of the molecule is Cc1ccc(CN)c(C)c1C(=O)O.Cl. The third-order valence-corrected chi connectivity index (χ3v) is 2.22. The standard InChI is InChI=1S/C10H13NO2.ClH/c1-6-3-4-8(5-11)7(2)9(6)10(12)13;/h3-4H,5,11H2,1-2H3,(H,12,13);1H. The monoisotopic (exact) mass is 215 g/mol. The van der Waals surface area contributed by atoms with Gasteiger partial charge in [-0.2, -0.15) is 0 Å². The number of carboxylic acids is 1. The topological polar surface area (TPSA) is 63.3 Å². The molecule has 0 saturated heterocycles. The Kier molecular flexibility index (Phi) is 4.60. The van der Waals surface area contributed by atoms with E-state index in [1.54, 1.807) is 19.9 Å². The number of benzene rings is 1. The molecule has 0 bridgehead atoms. The fraction of sp³-hybridized carbons (Fsp3) is 0.300. The lowest BCUT2D eigenvalue weighted by Crippen LogP contribution is -2.08. The summed E-state index contributed by atoms with van der Waals surface area (Å²) in [5.74, 6) is -0.884. The highest BCUT2D eigenvalue weighted by Crippen LogP contribution is 2.17. The van der Waals surface area contributed by atoms with Gasteiger partial charge >= 0.3 is 5.97 Å². The van der Waals surface area contributed by atoms with Crippen molar-refractivity contribution in [2.24, 2.45) is 5.73 Å². The second-order valence-electron chi connectivity index (χ2n) is 3.05. The highest BCUT2D eigenvalue weighted by molar-refractivity contribution is 5.91. The zero-order valence-electron chi connectivity index (χ0n) is 8.20. The van der Waals surface area contributed by atoms with E-state index < -0.39 is 5.97 Å². The molecular weight excluding hydrogens is 202 g/mol. The molecule has 3 nitrogen and oxygen atoms in total. The molecular formula is C10H14ClNO2. The summed E-state index contributed by atoms with van der Waals surface area (Å²) >= 11 is 0. The molecule has 14 heavy (non-hydrogen) atoms. The lowest BCUT2D eigenvalue weighted by atomic mass is 9.98. The summed E-state index contributed by atoms with van der Waals surface area (Å²) in [4.78, 5) is 10.9. The van der Waals surface area contributed by atoms with Crippen LogP contribution in [-0.2, 0) is 6.54 Å². The van der Waals surface area contributed by atoms with Crippen LogP contribution in [0.3, 0.4) is 0 Å². The molecule has 4 heteroatoms. The van der Waals surface area contributed by atoms with Crippen LogP contribution in [0.1, 0.15) is 27.0 Å². The third-order valence-electron chi connectivity index (χ3n) is 2.22. The molecule has 0 saturated carbocycles. The van der Waals surface area contributed by atoms with Crippen molar-refractivity contribution in [3.63, 3.8) is 0 Å². The van der Waals surface area contributed by atoms with Crippen molar-refractivity contribution in [2.75, 3.05) is 0 Å². The lowest BCUT2D eigenvalue weighted by molar-refractivity contribution is 0.0695. The van der Waals surface area contributed by atoms with Crippen LogP contribution in [0.15, 0.2) is 12.1 Å². The predicted octanol–water partition coefficient (Wildman–Crippen LogP) is 1.88. The van der Waals surface area contributed by atoms with Crippen molar-refractivity contribution in [3.05, 3.63) is 34.4 Å². The van der Waals surface area contributed by atoms with Gasteiger partial charge in [0.15, 0.2) is 0 Å². The van der Waals surface area contributed by atoms with Gasteiger partial charge in [0, 0.05) is 6.54 Å². The van der Waals surface area contributed by atoms with Gasteiger partial charge in [0.2, 0.25) is 0 Å². The van der Waals surface area contributed by atoms with E-state index >= 15 is 0 Å². The van der Waals surface area contributed by atoms with Gasteiger partial charge in [0.1, 0.15) is 0 Å². The molecule has 0 spiro atoms. The second kappa shape index (κ2) is 4.98. The largest absolute Gasteiger partial charge is 0.478 e. The van der Waals surface area contributed by atoms with Crippen LogP contribution in [0.5, 0.6) is 0 Å². The van der Waals surface area contributed by atoms with Crippen molar-refractivity contribution in [3.8, 4) is 0 Å². The summed E-state index contributed by atoms with van der Waals surface area (Å²) in [6.45, 7) is 3.96. The summed E-state index contributed by atoms with van der Waals surface area (Å²) in [5, 5.41) is 8.93. The molecule has 3 N–H and O–H groups in total. The minimum absolute atomic E-state index is 0. The van der Waals surface area contributed by atoms with E-state index in [0.717, 1.165) is 16.7 Å². The number of halogens is 1. The number of rotatable bonds is 2. The first-order chi connectivity index (χ1) is 6.07. The highest BCUT2D eigenvalue weighted by atomic mass is 35.5.